The number of amides is 1. The van der Waals surface area contributed by atoms with Crippen LogP contribution in [0.5, 0.6) is 11.5 Å². The Kier molecular flexibility index (Phi) is 6.37. The molecular formula is C25H28N3O4+. The quantitative estimate of drug-likeness (QED) is 0.453. The average molecular weight is 435 g/mol. The number of carboxylic acid groups (broad SMARTS) is 1. The van der Waals surface area contributed by atoms with E-state index in [-0.39, 0.29) is 16.9 Å². The van der Waals surface area contributed by atoms with E-state index in [9.17, 15) is 14.7 Å². The van der Waals surface area contributed by atoms with Crippen molar-refractivity contribution in [2.24, 2.45) is 4.99 Å². The van der Waals surface area contributed by atoms with E-state index in [1.807, 2.05) is 48.5 Å². The molecule has 2 heterocycles. The Morgan fingerprint density at radius 3 is 2.31 bits per heavy atom. The van der Waals surface area contributed by atoms with Gasteiger partial charge in [0.2, 0.25) is 5.91 Å². The maximum atomic E-state index is 13.4. The van der Waals surface area contributed by atoms with Crippen LogP contribution in [0.4, 0.5) is 0 Å². The van der Waals surface area contributed by atoms with E-state index in [1.54, 1.807) is 12.5 Å². The number of nitrogens with zero attached hydrogens (tertiary/aromatic N) is 2. The first-order valence-electron chi connectivity index (χ1n) is 11.0. The summed E-state index contributed by atoms with van der Waals surface area (Å²) in [7, 11) is 0. The maximum absolute atomic E-state index is 13.4. The fraction of sp³-hybridized carbons (Fsp3) is 0.320. The Hall–Kier alpha value is -3.45. The van der Waals surface area contributed by atoms with Crippen LogP contribution in [0.25, 0.3) is 0 Å². The van der Waals surface area contributed by atoms with E-state index in [0.29, 0.717) is 23.9 Å². The number of fused-ring (bicyclic) bond motifs is 2. The molecule has 2 N–H and O–H groups in total. The highest BCUT2D eigenvalue weighted by atomic mass is 16.5. The van der Waals surface area contributed by atoms with Crippen molar-refractivity contribution in [3.8, 4) is 11.5 Å². The zero-order valence-corrected chi connectivity index (χ0v) is 18.2. The van der Waals surface area contributed by atoms with Gasteiger partial charge in [0, 0.05) is 11.1 Å². The molecule has 4 rings (SSSR count). The van der Waals surface area contributed by atoms with Gasteiger partial charge in [0.15, 0.2) is 18.7 Å². The number of aliphatic imine (C=N–C) groups is 1. The predicted octanol–water partition coefficient (Wildman–Crippen LogP) is 4.36. The summed E-state index contributed by atoms with van der Waals surface area (Å²) >= 11 is 0. The summed E-state index contributed by atoms with van der Waals surface area (Å²) in [6.45, 7) is 2.68. The van der Waals surface area contributed by atoms with Crippen LogP contribution in [-0.4, -0.2) is 40.9 Å². The highest BCUT2D eigenvalue weighted by molar-refractivity contribution is 5.91. The number of carbonyl (C=O) groups excluding carboxylic acids is 1. The van der Waals surface area contributed by atoms with Gasteiger partial charge in [-0.15, -0.1) is 0 Å². The smallest absolute Gasteiger partial charge is 0.360 e. The normalized spacial score (nSPS) is 19.0. The first-order valence-corrected chi connectivity index (χ1v) is 11.0. The monoisotopic (exact) mass is 434 g/mol. The van der Waals surface area contributed by atoms with Crippen molar-refractivity contribution in [2.45, 2.75) is 38.5 Å². The second-order valence-electron chi connectivity index (χ2n) is 8.30. The van der Waals surface area contributed by atoms with Crippen molar-refractivity contribution in [1.82, 2.24) is 5.32 Å². The molecule has 166 valence electrons. The Bertz CT molecular complexity index is 1030. The molecule has 0 spiro atoms. The van der Waals surface area contributed by atoms with E-state index >= 15 is 0 Å². The molecule has 0 radical (unpaired) electrons. The van der Waals surface area contributed by atoms with Gasteiger partial charge in [-0.2, -0.15) is 4.99 Å². The Morgan fingerprint density at radius 1 is 1.03 bits per heavy atom. The van der Waals surface area contributed by atoms with Gasteiger partial charge in [0.1, 0.15) is 17.7 Å². The lowest BCUT2D eigenvalue weighted by molar-refractivity contribution is -0.771. The van der Waals surface area contributed by atoms with Crippen molar-refractivity contribution in [3.05, 3.63) is 71.7 Å². The lowest BCUT2D eigenvalue weighted by atomic mass is 9.87. The number of unbranched alkanes of at least 4 members (excludes halogenated alkanes) is 3. The van der Waals surface area contributed by atoms with Crippen molar-refractivity contribution in [2.75, 3.05) is 13.1 Å². The number of nitrogens with one attached hydrogen (secondary N) is 1. The van der Waals surface area contributed by atoms with Crippen molar-refractivity contribution in [1.29, 1.82) is 0 Å². The molecule has 2 aromatic carbocycles. The highest BCUT2D eigenvalue weighted by Crippen LogP contribution is 2.44. The third kappa shape index (κ3) is 4.57. The second kappa shape index (κ2) is 9.36. The van der Waals surface area contributed by atoms with Crippen LogP contribution in [0.1, 0.15) is 49.7 Å². The SMILES string of the molecule is CCCCCC[N+]1(CC(=O)O)C=NC(NC(=O)C2c3ccccc3Oc3ccccc32)=C1. The average Bonchev–Trinajstić information content (AvgIpc) is 3.16. The molecule has 2 aromatic rings. The minimum Gasteiger partial charge on any atom is -0.477 e. The molecular weight excluding hydrogens is 406 g/mol. The highest BCUT2D eigenvalue weighted by Gasteiger charge is 2.36. The fourth-order valence-corrected chi connectivity index (χ4v) is 4.32. The molecule has 0 saturated heterocycles. The van der Waals surface area contributed by atoms with Gasteiger partial charge < -0.3 is 15.2 Å². The third-order valence-corrected chi connectivity index (χ3v) is 5.86. The molecule has 2 aliphatic rings. The van der Waals surface area contributed by atoms with Crippen LogP contribution >= 0.6 is 0 Å². The van der Waals surface area contributed by atoms with Crippen LogP contribution in [0.3, 0.4) is 0 Å². The molecule has 0 saturated carbocycles. The van der Waals surface area contributed by atoms with Gasteiger partial charge >= 0.3 is 5.97 Å². The fourth-order valence-electron chi connectivity index (χ4n) is 4.32. The molecule has 0 bridgehead atoms. The number of carbonyl (C=O) groups is 2. The standard InChI is InChI=1S/C25H27N3O4/c1-2-3-4-9-14-28(16-23(29)30)15-22(26-17-28)27-25(31)24-18-10-5-7-12-20(18)32-21-13-8-6-11-19(21)24/h5-8,10-13,15,17,24H,2-4,9,14,16H2,1H3,(H-,27,29,30,31)/p+1. The zero-order valence-electron chi connectivity index (χ0n) is 18.2. The summed E-state index contributed by atoms with van der Waals surface area (Å²) in [5.74, 6) is 0.0253. The summed E-state index contributed by atoms with van der Waals surface area (Å²) in [6, 6.07) is 15.0. The lowest BCUT2D eigenvalue weighted by Crippen LogP contribution is -2.45. The maximum Gasteiger partial charge on any atom is 0.360 e. The number of ether oxygens (including phenoxy) is 1. The third-order valence-electron chi connectivity index (χ3n) is 5.86. The Morgan fingerprint density at radius 2 is 1.69 bits per heavy atom. The van der Waals surface area contributed by atoms with Gasteiger partial charge in [-0.1, -0.05) is 56.2 Å². The first kappa shape index (κ1) is 21.8. The number of hydrogen-bond acceptors (Lipinski definition) is 4. The van der Waals surface area contributed by atoms with Crippen LogP contribution < -0.4 is 10.1 Å². The van der Waals surface area contributed by atoms with Gasteiger partial charge in [0.25, 0.3) is 0 Å². The summed E-state index contributed by atoms with van der Waals surface area (Å²) in [6.07, 6.45) is 7.52. The van der Waals surface area contributed by atoms with Gasteiger partial charge in [0.05, 0.1) is 12.5 Å². The molecule has 0 fully saturated rings. The second-order valence-corrected chi connectivity index (χ2v) is 8.30. The Labute approximate surface area is 187 Å². The van der Waals surface area contributed by atoms with Crippen LogP contribution in [0.2, 0.25) is 0 Å². The molecule has 1 amide bonds. The van der Waals surface area contributed by atoms with Crippen LogP contribution in [0, 0.1) is 0 Å². The number of carboxylic acids is 1. The van der Waals surface area contributed by atoms with E-state index < -0.39 is 11.9 Å². The van der Waals surface area contributed by atoms with Gasteiger partial charge in [-0.05, 0) is 25.0 Å². The Balaban J connectivity index is 1.56. The number of aliphatic carboxylic acids is 1. The summed E-state index contributed by atoms with van der Waals surface area (Å²) in [4.78, 5) is 29.3. The molecule has 2 aliphatic heterocycles. The summed E-state index contributed by atoms with van der Waals surface area (Å²) in [5.41, 5.74) is 1.58. The van der Waals surface area contributed by atoms with Crippen molar-refractivity contribution < 1.29 is 23.9 Å². The molecule has 7 nitrogen and oxygen atoms in total. The number of rotatable bonds is 9. The topological polar surface area (TPSA) is 88.0 Å². The van der Waals surface area contributed by atoms with E-state index in [0.717, 1.165) is 36.8 Å². The first-order chi connectivity index (χ1) is 15.5. The largest absolute Gasteiger partial charge is 0.477 e. The van der Waals surface area contributed by atoms with Gasteiger partial charge in [-0.3, -0.25) is 4.79 Å². The number of quaternary nitrogens is 1. The molecule has 0 aliphatic carbocycles. The summed E-state index contributed by atoms with van der Waals surface area (Å²) in [5, 5.41) is 12.3. The lowest BCUT2D eigenvalue weighted by Gasteiger charge is -2.27. The molecule has 1 unspecified atom stereocenters. The van der Waals surface area contributed by atoms with Crippen molar-refractivity contribution in [3.63, 3.8) is 0 Å². The molecule has 32 heavy (non-hydrogen) atoms. The van der Waals surface area contributed by atoms with Crippen LogP contribution in [-0.2, 0) is 9.59 Å². The van der Waals surface area contributed by atoms with Crippen LogP contribution in [0.15, 0.2) is 65.5 Å². The minimum atomic E-state index is -0.900. The minimum absolute atomic E-state index is 0.0993. The number of benzene rings is 2. The number of hydrogen-bond donors (Lipinski definition) is 2. The van der Waals surface area contributed by atoms with E-state index in [4.69, 9.17) is 4.74 Å². The molecule has 1 atom stereocenters. The molecule has 7 heteroatoms. The van der Waals surface area contributed by atoms with Gasteiger partial charge in [-0.25, -0.2) is 9.28 Å². The predicted molar refractivity (Wildman–Crippen MR) is 121 cm³/mol. The zero-order chi connectivity index (χ0) is 22.6. The van der Waals surface area contributed by atoms with E-state index in [1.165, 1.54) is 0 Å². The molecule has 0 aromatic heterocycles. The van der Waals surface area contributed by atoms with E-state index in [2.05, 4.69) is 17.2 Å². The van der Waals surface area contributed by atoms with Crippen molar-refractivity contribution >= 4 is 18.2 Å². The number of para-hydroxylation sites is 2. The summed E-state index contributed by atoms with van der Waals surface area (Å²) < 4.78 is 6.08.